The van der Waals surface area contributed by atoms with E-state index in [4.69, 9.17) is 0 Å². The van der Waals surface area contributed by atoms with Crippen molar-refractivity contribution in [2.24, 2.45) is 0 Å². The first-order valence-electron chi connectivity index (χ1n) is 6.29. The van der Waals surface area contributed by atoms with Crippen LogP contribution in [0.25, 0.3) is 0 Å². The van der Waals surface area contributed by atoms with Gasteiger partial charge in [0.05, 0.1) is 0 Å². The van der Waals surface area contributed by atoms with Gasteiger partial charge in [0.2, 0.25) is 0 Å². The molecule has 3 heteroatoms. The average Bonchev–Trinajstić information content (AvgIpc) is 3.02. The van der Waals surface area contributed by atoms with E-state index in [1.165, 1.54) is 35.6 Å². The Morgan fingerprint density at radius 3 is 2.75 bits per heavy atom. The maximum Gasteiger partial charge on any atom is 0.0330 e. The summed E-state index contributed by atoms with van der Waals surface area (Å²) in [6, 6.07) is 5.44. The van der Waals surface area contributed by atoms with Gasteiger partial charge in [0.1, 0.15) is 0 Å². The van der Waals surface area contributed by atoms with Crippen LogP contribution in [-0.2, 0) is 13.1 Å². The van der Waals surface area contributed by atoms with E-state index >= 15 is 0 Å². The Kier molecular flexibility index (Phi) is 4.38. The second-order valence-electron chi connectivity index (χ2n) is 4.60. The van der Waals surface area contributed by atoms with Gasteiger partial charge in [0.15, 0.2) is 0 Å². The molecule has 1 heterocycles. The summed E-state index contributed by atoms with van der Waals surface area (Å²) in [7, 11) is 2.01. The lowest BCUT2D eigenvalue weighted by molar-refractivity contribution is 0.257. The molecule has 0 aromatic carbocycles. The third-order valence-corrected chi connectivity index (χ3v) is 4.07. The monoisotopic (exact) mass is 238 g/mol. The predicted octanol–water partition coefficient (Wildman–Crippen LogP) is 2.84. The van der Waals surface area contributed by atoms with E-state index in [2.05, 4.69) is 29.3 Å². The zero-order chi connectivity index (χ0) is 11.4. The summed E-state index contributed by atoms with van der Waals surface area (Å²) < 4.78 is 0. The van der Waals surface area contributed by atoms with Gasteiger partial charge in [-0.2, -0.15) is 0 Å². The van der Waals surface area contributed by atoms with Crippen molar-refractivity contribution in [1.29, 1.82) is 0 Å². The van der Waals surface area contributed by atoms with Gasteiger partial charge in [-0.05, 0) is 45.0 Å². The van der Waals surface area contributed by atoms with Crippen LogP contribution in [0, 0.1) is 0 Å². The fourth-order valence-electron chi connectivity index (χ4n) is 2.09. The van der Waals surface area contributed by atoms with E-state index in [-0.39, 0.29) is 0 Å². The minimum atomic E-state index is 0.884. The highest BCUT2D eigenvalue weighted by molar-refractivity contribution is 7.11. The molecule has 1 N–H and O–H groups in total. The number of hydrogen-bond acceptors (Lipinski definition) is 3. The first-order chi connectivity index (χ1) is 7.83. The number of nitrogens with one attached hydrogen (secondary N) is 1. The van der Waals surface area contributed by atoms with Crippen LogP contribution in [0.4, 0.5) is 0 Å². The summed E-state index contributed by atoms with van der Waals surface area (Å²) in [5.41, 5.74) is 0. The Hall–Kier alpha value is -0.380. The van der Waals surface area contributed by atoms with Crippen LogP contribution in [0.1, 0.15) is 35.9 Å². The Balaban J connectivity index is 1.89. The molecule has 0 spiro atoms. The molecule has 0 radical (unpaired) electrons. The van der Waals surface area contributed by atoms with Gasteiger partial charge in [-0.3, -0.25) is 4.90 Å². The minimum absolute atomic E-state index is 0.884. The first kappa shape index (κ1) is 12.1. The van der Waals surface area contributed by atoms with Gasteiger partial charge in [-0.15, -0.1) is 11.3 Å². The van der Waals surface area contributed by atoms with Crippen LogP contribution in [0.5, 0.6) is 0 Å². The predicted molar refractivity (Wildman–Crippen MR) is 70.8 cm³/mol. The molecule has 0 saturated heterocycles. The van der Waals surface area contributed by atoms with Crippen molar-refractivity contribution in [3.63, 3.8) is 0 Å². The third kappa shape index (κ3) is 3.30. The highest BCUT2D eigenvalue weighted by Crippen LogP contribution is 2.29. The zero-order valence-corrected chi connectivity index (χ0v) is 11.1. The lowest BCUT2D eigenvalue weighted by Gasteiger charge is -2.20. The molecule has 90 valence electrons. The Labute approximate surface area is 103 Å². The van der Waals surface area contributed by atoms with Gasteiger partial charge in [-0.25, -0.2) is 0 Å². The van der Waals surface area contributed by atoms with E-state index in [0.717, 1.165) is 19.1 Å². The Bertz CT molecular complexity index is 317. The lowest BCUT2D eigenvalue weighted by atomic mass is 10.3. The average molecular weight is 238 g/mol. The number of nitrogens with zero attached hydrogens (tertiary/aromatic N) is 1. The second kappa shape index (κ2) is 5.80. The van der Waals surface area contributed by atoms with Crippen molar-refractivity contribution < 1.29 is 0 Å². The van der Waals surface area contributed by atoms with E-state index < -0.39 is 0 Å². The summed E-state index contributed by atoms with van der Waals surface area (Å²) >= 11 is 1.95. The van der Waals surface area contributed by atoms with E-state index in [9.17, 15) is 0 Å². The SMILES string of the molecule is CCCN(Cc1ccc(CNC)s1)C1CC1. The summed E-state index contributed by atoms with van der Waals surface area (Å²) in [6.45, 7) is 5.69. The van der Waals surface area contributed by atoms with Crippen molar-refractivity contribution in [2.75, 3.05) is 13.6 Å². The lowest BCUT2D eigenvalue weighted by Crippen LogP contribution is -2.25. The van der Waals surface area contributed by atoms with Gasteiger partial charge in [0, 0.05) is 28.9 Å². The largest absolute Gasteiger partial charge is 0.315 e. The first-order valence-corrected chi connectivity index (χ1v) is 7.11. The highest BCUT2D eigenvalue weighted by atomic mass is 32.1. The highest BCUT2D eigenvalue weighted by Gasteiger charge is 2.28. The van der Waals surface area contributed by atoms with Crippen molar-refractivity contribution in [1.82, 2.24) is 10.2 Å². The fraction of sp³-hybridized carbons (Fsp3) is 0.692. The smallest absolute Gasteiger partial charge is 0.0330 e. The molecule has 0 atom stereocenters. The van der Waals surface area contributed by atoms with Gasteiger partial charge >= 0.3 is 0 Å². The maximum absolute atomic E-state index is 3.21. The molecule has 1 aliphatic carbocycles. The normalized spacial score (nSPS) is 15.9. The molecular formula is C13H22N2S. The molecule has 1 fully saturated rings. The van der Waals surface area contributed by atoms with E-state index in [1.54, 1.807) is 0 Å². The van der Waals surface area contributed by atoms with Gasteiger partial charge in [-0.1, -0.05) is 6.92 Å². The van der Waals surface area contributed by atoms with Crippen molar-refractivity contribution in [3.8, 4) is 0 Å². The van der Waals surface area contributed by atoms with Crippen molar-refractivity contribution in [3.05, 3.63) is 21.9 Å². The summed E-state index contributed by atoms with van der Waals surface area (Å²) in [6.07, 6.45) is 4.09. The molecule has 0 amide bonds. The van der Waals surface area contributed by atoms with E-state index in [0.29, 0.717) is 0 Å². The van der Waals surface area contributed by atoms with Crippen molar-refractivity contribution in [2.45, 2.75) is 45.3 Å². The fourth-order valence-corrected chi connectivity index (χ4v) is 3.15. The molecule has 2 rings (SSSR count). The summed E-state index contributed by atoms with van der Waals surface area (Å²) in [5.74, 6) is 0. The molecule has 1 saturated carbocycles. The van der Waals surface area contributed by atoms with Crippen LogP contribution in [-0.4, -0.2) is 24.5 Å². The molecule has 16 heavy (non-hydrogen) atoms. The second-order valence-corrected chi connectivity index (χ2v) is 5.85. The quantitative estimate of drug-likeness (QED) is 0.786. The molecular weight excluding hydrogens is 216 g/mol. The van der Waals surface area contributed by atoms with Gasteiger partial charge in [0.25, 0.3) is 0 Å². The number of rotatable bonds is 7. The Morgan fingerprint density at radius 1 is 1.38 bits per heavy atom. The standard InChI is InChI=1S/C13H22N2S/c1-3-8-15(11-4-5-11)10-13-7-6-12(16-13)9-14-2/h6-7,11,14H,3-5,8-10H2,1-2H3. The van der Waals surface area contributed by atoms with E-state index in [1.807, 2.05) is 18.4 Å². The molecule has 2 nitrogen and oxygen atoms in total. The molecule has 0 bridgehead atoms. The zero-order valence-electron chi connectivity index (χ0n) is 10.3. The van der Waals surface area contributed by atoms with Gasteiger partial charge < -0.3 is 5.32 Å². The van der Waals surface area contributed by atoms with Crippen LogP contribution in [0.2, 0.25) is 0 Å². The summed E-state index contributed by atoms with van der Waals surface area (Å²) in [4.78, 5) is 5.62. The molecule has 1 aliphatic rings. The maximum atomic E-state index is 3.21. The molecule has 1 aromatic rings. The molecule has 0 aliphatic heterocycles. The van der Waals surface area contributed by atoms with Crippen LogP contribution in [0.15, 0.2) is 12.1 Å². The third-order valence-electron chi connectivity index (χ3n) is 3.00. The van der Waals surface area contributed by atoms with Crippen molar-refractivity contribution >= 4 is 11.3 Å². The summed E-state index contributed by atoms with van der Waals surface area (Å²) in [5, 5.41) is 3.21. The number of thiophene rings is 1. The topological polar surface area (TPSA) is 15.3 Å². The number of hydrogen-bond donors (Lipinski definition) is 1. The Morgan fingerprint density at radius 2 is 2.12 bits per heavy atom. The molecule has 1 aromatic heterocycles. The van der Waals surface area contributed by atoms with Crippen LogP contribution >= 0.6 is 11.3 Å². The molecule has 0 unspecified atom stereocenters. The van der Waals surface area contributed by atoms with Crippen LogP contribution < -0.4 is 5.32 Å². The van der Waals surface area contributed by atoms with Crippen LogP contribution in [0.3, 0.4) is 0 Å². The minimum Gasteiger partial charge on any atom is -0.315 e.